The van der Waals surface area contributed by atoms with Crippen LogP contribution in [0, 0.1) is 6.92 Å². The number of hydrogen-bond donors (Lipinski definition) is 1. The highest BCUT2D eigenvalue weighted by Gasteiger charge is 2.26. The molecule has 3 aromatic heterocycles. The number of aryl methyl sites for hydroxylation is 1. The van der Waals surface area contributed by atoms with Gasteiger partial charge in [0.15, 0.2) is 0 Å². The molecule has 1 fully saturated rings. The molecule has 146 valence electrons. The molecule has 1 aliphatic heterocycles. The van der Waals surface area contributed by atoms with Crippen LogP contribution < -0.4 is 4.90 Å². The van der Waals surface area contributed by atoms with Crippen LogP contribution in [0.15, 0.2) is 53.2 Å². The van der Waals surface area contributed by atoms with Crippen molar-refractivity contribution in [1.82, 2.24) is 25.1 Å². The summed E-state index contributed by atoms with van der Waals surface area (Å²) in [4.78, 5) is 24.8. The molecule has 0 saturated carbocycles. The van der Waals surface area contributed by atoms with Gasteiger partial charge in [-0.05, 0) is 18.2 Å². The van der Waals surface area contributed by atoms with E-state index in [0.29, 0.717) is 43.5 Å². The molecule has 1 aliphatic rings. The van der Waals surface area contributed by atoms with E-state index in [1.807, 2.05) is 41.3 Å². The highest BCUT2D eigenvalue weighted by Crippen LogP contribution is 2.29. The SMILES string of the molecule is Cc1nnc(-c2cccnc2N2CCN(C(=O)c3c[nH]c4ccccc34)CC2)o1. The Balaban J connectivity index is 1.34. The van der Waals surface area contributed by atoms with Gasteiger partial charge in [0, 0.05) is 56.4 Å². The second kappa shape index (κ2) is 7.05. The molecular formula is C21H20N6O2. The number of rotatable bonds is 3. The first kappa shape index (κ1) is 17.4. The minimum absolute atomic E-state index is 0.0517. The molecule has 0 atom stereocenters. The molecule has 1 N–H and O–H groups in total. The molecule has 0 radical (unpaired) electrons. The first-order valence-electron chi connectivity index (χ1n) is 9.56. The van der Waals surface area contributed by atoms with Crippen LogP contribution in [0.5, 0.6) is 0 Å². The third-order valence-electron chi connectivity index (χ3n) is 5.23. The van der Waals surface area contributed by atoms with Gasteiger partial charge in [-0.25, -0.2) is 4.98 Å². The third-order valence-corrected chi connectivity index (χ3v) is 5.23. The minimum atomic E-state index is 0.0517. The van der Waals surface area contributed by atoms with Gasteiger partial charge in [-0.15, -0.1) is 10.2 Å². The highest BCUT2D eigenvalue weighted by atomic mass is 16.4. The van der Waals surface area contributed by atoms with E-state index in [-0.39, 0.29) is 5.91 Å². The van der Waals surface area contributed by atoms with E-state index < -0.39 is 0 Å². The molecule has 4 heterocycles. The van der Waals surface area contributed by atoms with Crippen LogP contribution in [-0.2, 0) is 0 Å². The number of amides is 1. The molecule has 29 heavy (non-hydrogen) atoms. The van der Waals surface area contributed by atoms with E-state index in [0.717, 1.165) is 22.3 Å². The second-order valence-electron chi connectivity index (χ2n) is 7.03. The molecule has 0 spiro atoms. The van der Waals surface area contributed by atoms with Crippen LogP contribution in [0.4, 0.5) is 5.82 Å². The fourth-order valence-corrected chi connectivity index (χ4v) is 3.76. The number of anilines is 1. The Bertz CT molecular complexity index is 1170. The first-order chi connectivity index (χ1) is 14.2. The van der Waals surface area contributed by atoms with Crippen LogP contribution in [-0.4, -0.2) is 57.2 Å². The van der Waals surface area contributed by atoms with Crippen molar-refractivity contribution in [2.45, 2.75) is 6.92 Å². The minimum Gasteiger partial charge on any atom is -0.421 e. The number of piperazine rings is 1. The van der Waals surface area contributed by atoms with Gasteiger partial charge >= 0.3 is 0 Å². The van der Waals surface area contributed by atoms with Crippen molar-refractivity contribution in [1.29, 1.82) is 0 Å². The number of pyridine rings is 1. The number of hydrogen-bond acceptors (Lipinski definition) is 6. The Morgan fingerprint density at radius 1 is 1.07 bits per heavy atom. The fraction of sp³-hybridized carbons (Fsp3) is 0.238. The summed E-state index contributed by atoms with van der Waals surface area (Å²) in [6, 6.07) is 11.6. The molecule has 1 aromatic carbocycles. The Morgan fingerprint density at radius 2 is 1.90 bits per heavy atom. The molecule has 8 nitrogen and oxygen atoms in total. The van der Waals surface area contributed by atoms with Gasteiger partial charge in [-0.3, -0.25) is 4.79 Å². The molecule has 0 aliphatic carbocycles. The molecule has 1 amide bonds. The van der Waals surface area contributed by atoms with E-state index in [1.165, 1.54) is 0 Å². The summed E-state index contributed by atoms with van der Waals surface area (Å²) in [5.74, 6) is 1.83. The smallest absolute Gasteiger partial charge is 0.256 e. The number of fused-ring (bicyclic) bond motifs is 1. The van der Waals surface area contributed by atoms with Gasteiger partial charge in [0.25, 0.3) is 11.8 Å². The monoisotopic (exact) mass is 388 g/mol. The first-order valence-corrected chi connectivity index (χ1v) is 9.56. The Morgan fingerprint density at radius 3 is 2.69 bits per heavy atom. The van der Waals surface area contributed by atoms with Gasteiger partial charge in [-0.1, -0.05) is 18.2 Å². The molecule has 8 heteroatoms. The predicted molar refractivity (Wildman–Crippen MR) is 109 cm³/mol. The summed E-state index contributed by atoms with van der Waals surface area (Å²) >= 11 is 0. The Kier molecular flexibility index (Phi) is 4.23. The lowest BCUT2D eigenvalue weighted by Gasteiger charge is -2.35. The maximum atomic E-state index is 13.0. The van der Waals surface area contributed by atoms with Gasteiger partial charge in [0.1, 0.15) is 5.82 Å². The van der Waals surface area contributed by atoms with Crippen LogP contribution in [0.1, 0.15) is 16.2 Å². The van der Waals surface area contributed by atoms with E-state index in [4.69, 9.17) is 4.42 Å². The van der Waals surface area contributed by atoms with Crippen molar-refractivity contribution in [3.63, 3.8) is 0 Å². The van der Waals surface area contributed by atoms with Crippen molar-refractivity contribution in [3.05, 3.63) is 60.2 Å². The normalized spacial score (nSPS) is 14.5. The van der Waals surface area contributed by atoms with Gasteiger partial charge < -0.3 is 19.2 Å². The second-order valence-corrected chi connectivity index (χ2v) is 7.03. The van der Waals surface area contributed by atoms with E-state index >= 15 is 0 Å². The maximum absolute atomic E-state index is 13.0. The maximum Gasteiger partial charge on any atom is 0.256 e. The number of para-hydroxylation sites is 1. The fourth-order valence-electron chi connectivity index (χ4n) is 3.76. The summed E-state index contributed by atoms with van der Waals surface area (Å²) in [5, 5.41) is 9.00. The van der Waals surface area contributed by atoms with E-state index in [2.05, 4.69) is 25.1 Å². The van der Waals surface area contributed by atoms with Crippen molar-refractivity contribution in [2.24, 2.45) is 0 Å². The lowest BCUT2D eigenvalue weighted by atomic mass is 10.1. The lowest BCUT2D eigenvalue weighted by molar-refractivity contribution is 0.0748. The quantitative estimate of drug-likeness (QED) is 0.580. The van der Waals surface area contributed by atoms with Crippen molar-refractivity contribution in [3.8, 4) is 11.5 Å². The number of H-pyrrole nitrogens is 1. The largest absolute Gasteiger partial charge is 0.421 e. The van der Waals surface area contributed by atoms with Gasteiger partial charge in [0.05, 0.1) is 11.1 Å². The van der Waals surface area contributed by atoms with Crippen molar-refractivity contribution < 1.29 is 9.21 Å². The van der Waals surface area contributed by atoms with Gasteiger partial charge in [0.2, 0.25) is 5.89 Å². The molecule has 4 aromatic rings. The van der Waals surface area contributed by atoms with Crippen LogP contribution in [0.2, 0.25) is 0 Å². The average molecular weight is 388 g/mol. The van der Waals surface area contributed by atoms with Crippen LogP contribution >= 0.6 is 0 Å². The molecule has 0 unspecified atom stereocenters. The number of nitrogens with one attached hydrogen (secondary N) is 1. The zero-order valence-corrected chi connectivity index (χ0v) is 16.0. The highest BCUT2D eigenvalue weighted by molar-refractivity contribution is 6.06. The molecule has 5 rings (SSSR count). The number of aromatic nitrogens is 4. The number of carbonyl (C=O) groups is 1. The standard InChI is InChI=1S/C21H20N6O2/c1-14-24-25-20(29-14)16-6-4-8-22-19(16)26-9-11-27(12-10-26)21(28)17-13-23-18-7-3-2-5-15(17)18/h2-8,13,23H,9-12H2,1H3. The lowest BCUT2D eigenvalue weighted by Crippen LogP contribution is -2.49. The number of nitrogens with zero attached hydrogens (tertiary/aromatic N) is 5. The zero-order chi connectivity index (χ0) is 19.8. The summed E-state index contributed by atoms with van der Waals surface area (Å²) in [6.07, 6.45) is 3.56. The Hall–Kier alpha value is -3.68. The molecular weight excluding hydrogens is 368 g/mol. The van der Waals surface area contributed by atoms with E-state index in [1.54, 1.807) is 19.3 Å². The van der Waals surface area contributed by atoms with Crippen molar-refractivity contribution >= 4 is 22.6 Å². The Labute approximate surface area is 167 Å². The summed E-state index contributed by atoms with van der Waals surface area (Å²) in [6.45, 7) is 4.38. The topological polar surface area (TPSA) is 91.2 Å². The van der Waals surface area contributed by atoms with Crippen molar-refractivity contribution in [2.75, 3.05) is 31.1 Å². The third kappa shape index (κ3) is 3.12. The van der Waals surface area contributed by atoms with Crippen LogP contribution in [0.3, 0.4) is 0 Å². The summed E-state index contributed by atoms with van der Waals surface area (Å²) in [7, 11) is 0. The molecule has 1 saturated heterocycles. The zero-order valence-electron chi connectivity index (χ0n) is 16.0. The average Bonchev–Trinajstić information content (AvgIpc) is 3.40. The van der Waals surface area contributed by atoms with Gasteiger partial charge in [-0.2, -0.15) is 0 Å². The number of carbonyl (C=O) groups excluding carboxylic acids is 1. The molecule has 0 bridgehead atoms. The summed E-state index contributed by atoms with van der Waals surface area (Å²) < 4.78 is 5.59. The number of benzene rings is 1. The van der Waals surface area contributed by atoms with Crippen LogP contribution in [0.25, 0.3) is 22.4 Å². The van der Waals surface area contributed by atoms with E-state index in [9.17, 15) is 4.79 Å². The predicted octanol–water partition coefficient (Wildman–Crippen LogP) is 2.88. The summed E-state index contributed by atoms with van der Waals surface area (Å²) in [5.41, 5.74) is 2.50. The number of aromatic amines is 1.